The van der Waals surface area contributed by atoms with E-state index in [1.165, 1.54) is 17.3 Å². The minimum atomic E-state index is -0.430. The van der Waals surface area contributed by atoms with Crippen molar-refractivity contribution in [2.45, 2.75) is 38.5 Å². The first-order valence-electron chi connectivity index (χ1n) is 11.1. The van der Waals surface area contributed by atoms with Crippen molar-refractivity contribution in [1.82, 2.24) is 14.9 Å². The summed E-state index contributed by atoms with van der Waals surface area (Å²) in [5.41, 5.74) is 6.60. The molecule has 1 aliphatic heterocycles. The van der Waals surface area contributed by atoms with E-state index >= 15 is 0 Å². The highest BCUT2D eigenvalue weighted by molar-refractivity contribution is 6.08. The molecule has 2 fully saturated rings. The molecule has 2 aromatic heterocycles. The summed E-state index contributed by atoms with van der Waals surface area (Å²) < 4.78 is 5.85. The van der Waals surface area contributed by atoms with Crippen LogP contribution in [-0.4, -0.2) is 46.6 Å². The van der Waals surface area contributed by atoms with E-state index in [-0.39, 0.29) is 11.3 Å². The Kier molecular flexibility index (Phi) is 6.67. The van der Waals surface area contributed by atoms with Crippen molar-refractivity contribution in [2.75, 3.05) is 18.9 Å². The zero-order valence-corrected chi connectivity index (χ0v) is 18.7. The third-order valence-electron chi connectivity index (χ3n) is 6.25. The van der Waals surface area contributed by atoms with Crippen LogP contribution in [0.5, 0.6) is 11.5 Å². The van der Waals surface area contributed by atoms with Crippen LogP contribution in [0.3, 0.4) is 0 Å². The van der Waals surface area contributed by atoms with Crippen molar-refractivity contribution in [1.29, 1.82) is 0 Å². The van der Waals surface area contributed by atoms with Gasteiger partial charge in [-0.05, 0) is 37.5 Å². The number of aliphatic imine (C=N–C) groups is 1. The Hall–Kier alpha value is -3.75. The number of aromatic nitrogens is 2. The Balaban J connectivity index is 1.38. The number of pyridine rings is 2. The number of carbonyl (C=O) groups excluding carboxylic acids is 2. The van der Waals surface area contributed by atoms with Crippen molar-refractivity contribution in [3.8, 4) is 11.5 Å². The van der Waals surface area contributed by atoms with Gasteiger partial charge < -0.3 is 10.5 Å². The predicted octanol–water partition coefficient (Wildman–Crippen LogP) is 3.98. The molecular weight excluding hydrogens is 420 g/mol. The highest BCUT2D eigenvalue weighted by Gasteiger charge is 2.48. The van der Waals surface area contributed by atoms with Crippen LogP contribution in [0.2, 0.25) is 0 Å². The molecule has 9 heteroatoms. The van der Waals surface area contributed by atoms with Crippen molar-refractivity contribution in [2.24, 2.45) is 16.1 Å². The Morgan fingerprint density at radius 3 is 2.70 bits per heavy atom. The Morgan fingerprint density at radius 2 is 2.00 bits per heavy atom. The van der Waals surface area contributed by atoms with Gasteiger partial charge in [0.15, 0.2) is 0 Å². The van der Waals surface area contributed by atoms with Gasteiger partial charge >= 0.3 is 6.03 Å². The Labute approximate surface area is 192 Å². The average Bonchev–Trinajstić information content (AvgIpc) is 3.14. The minimum absolute atomic E-state index is 0.0489. The third kappa shape index (κ3) is 4.87. The summed E-state index contributed by atoms with van der Waals surface area (Å²) in [5, 5.41) is 2.73. The second kappa shape index (κ2) is 9.81. The molecule has 1 aliphatic carbocycles. The van der Waals surface area contributed by atoms with Crippen molar-refractivity contribution >= 4 is 29.5 Å². The molecule has 3 amide bonds. The number of hydrogen-bond acceptors (Lipinski definition) is 7. The van der Waals surface area contributed by atoms with Crippen LogP contribution < -0.4 is 15.8 Å². The number of hydrogen-bond donors (Lipinski definition) is 2. The molecule has 0 radical (unpaired) electrons. The number of imide groups is 1. The van der Waals surface area contributed by atoms with E-state index in [0.29, 0.717) is 35.1 Å². The van der Waals surface area contributed by atoms with Gasteiger partial charge in [-0.15, -0.1) is 0 Å². The molecule has 9 nitrogen and oxygen atoms in total. The maximum atomic E-state index is 12.9. The van der Waals surface area contributed by atoms with Crippen LogP contribution in [0, 0.1) is 5.41 Å². The van der Waals surface area contributed by atoms with Gasteiger partial charge in [0.05, 0.1) is 17.3 Å². The van der Waals surface area contributed by atoms with Crippen molar-refractivity contribution in [3.05, 3.63) is 48.6 Å². The van der Waals surface area contributed by atoms with Crippen LogP contribution in [0.4, 0.5) is 10.6 Å². The lowest BCUT2D eigenvalue weighted by Gasteiger charge is -2.31. The van der Waals surface area contributed by atoms with E-state index < -0.39 is 6.03 Å². The van der Waals surface area contributed by atoms with E-state index in [4.69, 9.17) is 10.5 Å². The number of carbonyl (C=O) groups is 2. The van der Waals surface area contributed by atoms with Crippen molar-refractivity contribution in [3.63, 3.8) is 0 Å². The average molecular weight is 449 g/mol. The van der Waals surface area contributed by atoms with E-state index in [0.717, 1.165) is 38.5 Å². The smallest absolute Gasteiger partial charge is 0.329 e. The highest BCUT2D eigenvalue weighted by Crippen LogP contribution is 2.44. The molecule has 4 rings (SSSR count). The number of anilines is 1. The number of urea groups is 1. The standard InChI is InChI=1S/C24H28N6O3/c1-26-15-17(14-25)20-13-18(7-11-27-20)33-19-5-6-21(28-16-19)29-23(32)30-12-10-24(22(30)31)8-3-2-4-9-24/h5-7,11,13-16H,2-4,8-10,12,25H2,1H3,(H,28,29,32). The first-order chi connectivity index (χ1) is 16.0. The number of nitrogens with zero attached hydrogens (tertiary/aromatic N) is 4. The fourth-order valence-corrected chi connectivity index (χ4v) is 4.50. The predicted molar refractivity (Wildman–Crippen MR) is 126 cm³/mol. The van der Waals surface area contributed by atoms with Crippen LogP contribution >= 0.6 is 0 Å². The number of ether oxygens (including phenoxy) is 1. The summed E-state index contributed by atoms with van der Waals surface area (Å²) in [6.45, 7) is 0.457. The van der Waals surface area contributed by atoms with Gasteiger partial charge in [0.25, 0.3) is 0 Å². The van der Waals surface area contributed by atoms with Crippen LogP contribution in [-0.2, 0) is 4.79 Å². The van der Waals surface area contributed by atoms with Gasteiger partial charge in [-0.3, -0.25) is 25.0 Å². The number of nitrogens with one attached hydrogen (secondary N) is 1. The fourth-order valence-electron chi connectivity index (χ4n) is 4.50. The normalized spacial score (nSPS) is 18.2. The second-order valence-corrected chi connectivity index (χ2v) is 8.35. The summed E-state index contributed by atoms with van der Waals surface area (Å²) >= 11 is 0. The molecule has 1 spiro atoms. The van der Waals surface area contributed by atoms with Gasteiger partial charge in [-0.25, -0.2) is 9.78 Å². The van der Waals surface area contributed by atoms with Gasteiger partial charge in [0.1, 0.15) is 17.3 Å². The monoisotopic (exact) mass is 448 g/mol. The summed E-state index contributed by atoms with van der Waals surface area (Å²) in [7, 11) is 1.66. The molecule has 2 aromatic rings. The fraction of sp³-hybridized carbons (Fsp3) is 0.375. The molecule has 3 N–H and O–H groups in total. The molecular formula is C24H28N6O3. The second-order valence-electron chi connectivity index (χ2n) is 8.35. The molecule has 3 heterocycles. The summed E-state index contributed by atoms with van der Waals surface area (Å²) in [6.07, 6.45) is 12.0. The lowest BCUT2D eigenvalue weighted by atomic mass is 9.73. The molecule has 0 unspecified atom stereocenters. The number of allylic oxidation sites excluding steroid dienone is 1. The molecule has 0 aromatic carbocycles. The number of amides is 3. The number of rotatable bonds is 5. The van der Waals surface area contributed by atoms with E-state index in [2.05, 4.69) is 20.3 Å². The van der Waals surface area contributed by atoms with Crippen LogP contribution in [0.15, 0.2) is 47.9 Å². The lowest BCUT2D eigenvalue weighted by molar-refractivity contribution is -0.135. The maximum Gasteiger partial charge on any atom is 0.329 e. The minimum Gasteiger partial charge on any atom is -0.456 e. The maximum absolute atomic E-state index is 12.9. The lowest BCUT2D eigenvalue weighted by Crippen LogP contribution is -2.41. The van der Waals surface area contributed by atoms with Gasteiger partial charge in [0, 0.05) is 43.8 Å². The molecule has 1 saturated carbocycles. The van der Waals surface area contributed by atoms with Crippen molar-refractivity contribution < 1.29 is 14.3 Å². The highest BCUT2D eigenvalue weighted by atomic mass is 16.5. The van der Waals surface area contributed by atoms with Gasteiger partial charge in [0.2, 0.25) is 5.91 Å². The summed E-state index contributed by atoms with van der Waals surface area (Å²) in [6, 6.07) is 6.37. The first kappa shape index (κ1) is 22.4. The molecule has 0 atom stereocenters. The van der Waals surface area contributed by atoms with Gasteiger partial charge in [-0.2, -0.15) is 0 Å². The molecule has 172 valence electrons. The molecule has 2 aliphatic rings. The largest absolute Gasteiger partial charge is 0.456 e. The zero-order valence-electron chi connectivity index (χ0n) is 18.7. The topological polar surface area (TPSA) is 123 Å². The summed E-state index contributed by atoms with van der Waals surface area (Å²) in [5.74, 6) is 1.36. The van der Waals surface area contributed by atoms with Crippen LogP contribution in [0.25, 0.3) is 5.57 Å². The Morgan fingerprint density at radius 1 is 1.18 bits per heavy atom. The number of likely N-dealkylation sites (tertiary alicyclic amines) is 1. The van der Waals surface area contributed by atoms with Crippen LogP contribution in [0.1, 0.15) is 44.2 Å². The number of nitrogens with two attached hydrogens (primary N) is 1. The zero-order chi connectivity index (χ0) is 23.3. The van der Waals surface area contributed by atoms with Gasteiger partial charge in [-0.1, -0.05) is 19.3 Å². The SMILES string of the molecule is CN=CC(=CN)c1cc(Oc2ccc(NC(=O)N3CCC4(CCCCC4)C3=O)nc2)ccn1. The quantitative estimate of drug-likeness (QED) is 0.667. The van der Waals surface area contributed by atoms with E-state index in [1.807, 2.05) is 0 Å². The summed E-state index contributed by atoms with van der Waals surface area (Å²) in [4.78, 5) is 39.4. The Bertz CT molecular complexity index is 1070. The van der Waals surface area contributed by atoms with E-state index in [9.17, 15) is 9.59 Å². The third-order valence-corrected chi connectivity index (χ3v) is 6.25. The first-order valence-corrected chi connectivity index (χ1v) is 11.1. The molecule has 0 bridgehead atoms. The molecule has 33 heavy (non-hydrogen) atoms. The molecule has 1 saturated heterocycles. The van der Waals surface area contributed by atoms with E-state index in [1.54, 1.807) is 43.7 Å².